The fourth-order valence-electron chi connectivity index (χ4n) is 4.37. The van der Waals surface area contributed by atoms with Gasteiger partial charge in [0, 0.05) is 0 Å². The second kappa shape index (κ2) is 1.89. The van der Waals surface area contributed by atoms with Gasteiger partial charge in [0.1, 0.15) is 0 Å². The summed E-state index contributed by atoms with van der Waals surface area (Å²) >= 11 is 0. The molecule has 12 heavy (non-hydrogen) atoms. The average Bonchev–Trinajstić information content (AvgIpc) is 1.96. The maximum Gasteiger partial charge on any atom is 0.0686 e. The van der Waals surface area contributed by atoms with Crippen molar-refractivity contribution in [3.63, 3.8) is 0 Å². The monoisotopic (exact) mass is 166 g/mol. The van der Waals surface area contributed by atoms with Gasteiger partial charge in [0.2, 0.25) is 0 Å². The van der Waals surface area contributed by atoms with Crippen molar-refractivity contribution in [2.24, 2.45) is 29.6 Å². The normalized spacial score (nSPS) is 67.8. The minimum absolute atomic E-state index is 0.209. The van der Waals surface area contributed by atoms with E-state index in [9.17, 15) is 5.11 Å². The Balaban J connectivity index is 1.87. The van der Waals surface area contributed by atoms with E-state index in [-0.39, 0.29) is 5.60 Å². The summed E-state index contributed by atoms with van der Waals surface area (Å²) in [6, 6.07) is 0. The van der Waals surface area contributed by atoms with Gasteiger partial charge >= 0.3 is 0 Å². The van der Waals surface area contributed by atoms with Crippen molar-refractivity contribution in [3.8, 4) is 0 Å². The molecule has 3 fully saturated rings. The smallest absolute Gasteiger partial charge is 0.0686 e. The molecule has 3 aliphatic carbocycles. The highest BCUT2D eigenvalue weighted by Gasteiger charge is 2.67. The molecule has 0 saturated heterocycles. The van der Waals surface area contributed by atoms with Crippen molar-refractivity contribution in [3.05, 3.63) is 0 Å². The molecule has 0 radical (unpaired) electrons. The first-order valence-corrected chi connectivity index (χ1v) is 5.34. The Labute approximate surface area is 74.2 Å². The summed E-state index contributed by atoms with van der Waals surface area (Å²) in [5, 5.41) is 10.2. The summed E-state index contributed by atoms with van der Waals surface area (Å²) in [6.45, 7) is 4.68. The summed E-state index contributed by atoms with van der Waals surface area (Å²) in [6.07, 6.45) is 3.57. The third-order valence-corrected chi connectivity index (χ3v) is 4.86. The third kappa shape index (κ3) is 0.618. The largest absolute Gasteiger partial charge is 0.390 e. The van der Waals surface area contributed by atoms with E-state index < -0.39 is 0 Å². The predicted molar refractivity (Wildman–Crippen MR) is 47.6 cm³/mol. The average molecular weight is 166 g/mol. The summed E-state index contributed by atoms with van der Waals surface area (Å²) in [5.41, 5.74) is -0.209. The molecule has 0 aromatic heterocycles. The molecule has 1 heteroatoms. The Morgan fingerprint density at radius 2 is 1.92 bits per heavy atom. The molecular formula is C11H18O. The van der Waals surface area contributed by atoms with Crippen molar-refractivity contribution < 1.29 is 5.11 Å². The third-order valence-electron chi connectivity index (χ3n) is 4.86. The van der Waals surface area contributed by atoms with Gasteiger partial charge in [0.25, 0.3) is 0 Å². The molecule has 0 bridgehead atoms. The lowest BCUT2D eigenvalue weighted by Crippen LogP contribution is -2.70. The molecule has 0 aromatic rings. The molecular weight excluding hydrogens is 148 g/mol. The number of rotatable bonds is 0. The SMILES string of the molecule is CC1CC2C(C)C3CC(O)(C1)C23. The Morgan fingerprint density at radius 1 is 1.17 bits per heavy atom. The van der Waals surface area contributed by atoms with Crippen LogP contribution in [0.2, 0.25) is 0 Å². The minimum Gasteiger partial charge on any atom is -0.390 e. The van der Waals surface area contributed by atoms with E-state index in [4.69, 9.17) is 0 Å². The molecule has 0 aliphatic heterocycles. The second-order valence-electron chi connectivity index (χ2n) is 5.57. The Bertz CT molecular complexity index is 225. The number of hydrogen-bond donors (Lipinski definition) is 1. The van der Waals surface area contributed by atoms with Gasteiger partial charge in [0.15, 0.2) is 0 Å². The molecule has 1 N–H and O–H groups in total. The lowest BCUT2D eigenvalue weighted by molar-refractivity contribution is -0.282. The molecule has 0 spiro atoms. The van der Waals surface area contributed by atoms with E-state index in [1.807, 2.05) is 0 Å². The van der Waals surface area contributed by atoms with Gasteiger partial charge in [-0.2, -0.15) is 0 Å². The van der Waals surface area contributed by atoms with Crippen molar-refractivity contribution in [1.82, 2.24) is 0 Å². The minimum atomic E-state index is -0.209. The van der Waals surface area contributed by atoms with Crippen LogP contribution in [0.15, 0.2) is 0 Å². The topological polar surface area (TPSA) is 20.2 Å². The Hall–Kier alpha value is -0.0400. The zero-order valence-corrected chi connectivity index (χ0v) is 7.96. The zero-order valence-electron chi connectivity index (χ0n) is 7.96. The summed E-state index contributed by atoms with van der Waals surface area (Å²) in [4.78, 5) is 0. The summed E-state index contributed by atoms with van der Waals surface area (Å²) < 4.78 is 0. The molecule has 0 heterocycles. The molecule has 3 saturated carbocycles. The van der Waals surface area contributed by atoms with Crippen LogP contribution in [0.3, 0.4) is 0 Å². The lowest BCUT2D eigenvalue weighted by Gasteiger charge is -2.70. The van der Waals surface area contributed by atoms with Crippen LogP contribution >= 0.6 is 0 Å². The van der Waals surface area contributed by atoms with E-state index >= 15 is 0 Å². The highest BCUT2D eigenvalue weighted by atomic mass is 16.3. The molecule has 6 unspecified atom stereocenters. The van der Waals surface area contributed by atoms with Crippen LogP contribution < -0.4 is 0 Å². The van der Waals surface area contributed by atoms with Gasteiger partial charge in [-0.15, -0.1) is 0 Å². The molecule has 0 amide bonds. The van der Waals surface area contributed by atoms with Gasteiger partial charge in [-0.3, -0.25) is 0 Å². The fourth-order valence-corrected chi connectivity index (χ4v) is 4.37. The van der Waals surface area contributed by atoms with Crippen LogP contribution in [-0.4, -0.2) is 10.7 Å². The van der Waals surface area contributed by atoms with E-state index in [0.717, 1.165) is 36.5 Å². The fraction of sp³-hybridized carbons (Fsp3) is 1.00. The van der Waals surface area contributed by atoms with Crippen LogP contribution in [0.1, 0.15) is 33.1 Å². The van der Waals surface area contributed by atoms with E-state index in [2.05, 4.69) is 13.8 Å². The standard InChI is InChI=1S/C11H18O/c1-6-3-8-7(2)9-5-11(12,4-6)10(8)9/h6-10,12H,3-5H2,1-2H3. The highest BCUT2D eigenvalue weighted by molar-refractivity contribution is 5.17. The first-order chi connectivity index (χ1) is 5.62. The van der Waals surface area contributed by atoms with Crippen molar-refractivity contribution in [2.75, 3.05) is 0 Å². The zero-order chi connectivity index (χ0) is 8.51. The van der Waals surface area contributed by atoms with Gasteiger partial charge in [-0.1, -0.05) is 13.8 Å². The van der Waals surface area contributed by atoms with E-state index in [0.29, 0.717) is 5.92 Å². The van der Waals surface area contributed by atoms with Crippen LogP contribution in [0.4, 0.5) is 0 Å². The second-order valence-corrected chi connectivity index (χ2v) is 5.57. The number of aliphatic hydroxyl groups is 1. The predicted octanol–water partition coefficient (Wildman–Crippen LogP) is 2.05. The van der Waals surface area contributed by atoms with Gasteiger partial charge in [0.05, 0.1) is 5.60 Å². The van der Waals surface area contributed by atoms with Crippen LogP contribution in [0, 0.1) is 29.6 Å². The Kier molecular flexibility index (Phi) is 1.16. The van der Waals surface area contributed by atoms with Crippen molar-refractivity contribution in [1.29, 1.82) is 0 Å². The summed E-state index contributed by atoms with van der Waals surface area (Å²) in [5.74, 6) is 4.16. The Morgan fingerprint density at radius 3 is 2.67 bits per heavy atom. The molecule has 68 valence electrons. The van der Waals surface area contributed by atoms with E-state index in [1.165, 1.54) is 6.42 Å². The van der Waals surface area contributed by atoms with E-state index in [1.54, 1.807) is 0 Å². The highest BCUT2D eigenvalue weighted by Crippen LogP contribution is 2.68. The van der Waals surface area contributed by atoms with Gasteiger partial charge < -0.3 is 5.11 Å². The summed E-state index contributed by atoms with van der Waals surface area (Å²) in [7, 11) is 0. The lowest BCUT2D eigenvalue weighted by atomic mass is 9.36. The molecule has 6 atom stereocenters. The van der Waals surface area contributed by atoms with Crippen molar-refractivity contribution in [2.45, 2.75) is 38.7 Å². The van der Waals surface area contributed by atoms with Crippen LogP contribution in [0.5, 0.6) is 0 Å². The van der Waals surface area contributed by atoms with Crippen molar-refractivity contribution >= 4 is 0 Å². The maximum absolute atomic E-state index is 10.2. The maximum atomic E-state index is 10.2. The van der Waals surface area contributed by atoms with Crippen LogP contribution in [0.25, 0.3) is 0 Å². The molecule has 0 aromatic carbocycles. The quantitative estimate of drug-likeness (QED) is 0.584. The van der Waals surface area contributed by atoms with Crippen LogP contribution in [-0.2, 0) is 0 Å². The first kappa shape index (κ1) is 7.37. The number of hydrogen-bond acceptors (Lipinski definition) is 1. The first-order valence-electron chi connectivity index (χ1n) is 5.34. The molecule has 1 nitrogen and oxygen atoms in total. The molecule has 3 rings (SSSR count). The molecule has 3 aliphatic rings. The van der Waals surface area contributed by atoms with Gasteiger partial charge in [-0.25, -0.2) is 0 Å². The van der Waals surface area contributed by atoms with Gasteiger partial charge in [-0.05, 0) is 48.9 Å².